The van der Waals surface area contributed by atoms with Crippen molar-refractivity contribution in [3.05, 3.63) is 41.2 Å². The van der Waals surface area contributed by atoms with Gasteiger partial charge in [0.25, 0.3) is 5.91 Å². The Kier molecular flexibility index (Phi) is 7.88. The Hall–Kier alpha value is -2.45. The maximum Gasteiger partial charge on any atom is 0.280 e. The largest absolute Gasteiger partial charge is 0.393 e. The number of nitrogens with one attached hydrogen (secondary N) is 2. The predicted molar refractivity (Wildman–Crippen MR) is 123 cm³/mol. The van der Waals surface area contributed by atoms with E-state index < -0.39 is 27.2 Å². The number of rotatable bonds is 8. The van der Waals surface area contributed by atoms with Gasteiger partial charge in [-0.2, -0.15) is 4.39 Å². The third kappa shape index (κ3) is 6.36. The predicted octanol–water partition coefficient (Wildman–Crippen LogP) is 2.01. The summed E-state index contributed by atoms with van der Waals surface area (Å²) in [5.74, 6) is -0.691. The standard InChI is InChI=1S/C21H25FN4O6S2/c22-18-12-23-21(33-18)24-20(28)19(25-32-16-4-3-15(27)11-16)13-1-5-17(6-2-13)34(29,30)26-14-7-9-31-10-8-14/h1-2,5-6,12,14-16,26-27H,3-4,7-11H2,(H,23,24,28)/b25-19+/t15-,16-/m1/s1. The van der Waals surface area contributed by atoms with Gasteiger partial charge in [-0.1, -0.05) is 28.6 Å². The molecule has 2 atom stereocenters. The number of aliphatic hydroxyl groups is 1. The molecule has 13 heteroatoms. The first-order valence-corrected chi connectivity index (χ1v) is 13.2. The van der Waals surface area contributed by atoms with Crippen molar-refractivity contribution in [1.82, 2.24) is 9.71 Å². The monoisotopic (exact) mass is 512 g/mol. The molecule has 2 fully saturated rings. The van der Waals surface area contributed by atoms with Gasteiger partial charge in [0.05, 0.1) is 17.2 Å². The Morgan fingerprint density at radius 3 is 2.56 bits per heavy atom. The van der Waals surface area contributed by atoms with Gasteiger partial charge in [0.15, 0.2) is 16.0 Å². The number of benzene rings is 1. The third-order valence-electron chi connectivity index (χ3n) is 5.54. The Bertz CT molecular complexity index is 1130. The Balaban J connectivity index is 1.53. The van der Waals surface area contributed by atoms with E-state index in [1.54, 1.807) is 0 Å². The van der Waals surface area contributed by atoms with Crippen LogP contribution in [0.25, 0.3) is 0 Å². The van der Waals surface area contributed by atoms with E-state index in [1.165, 1.54) is 24.3 Å². The van der Waals surface area contributed by atoms with Gasteiger partial charge in [-0.05, 0) is 37.8 Å². The van der Waals surface area contributed by atoms with Crippen LogP contribution in [0.1, 0.15) is 37.7 Å². The molecular formula is C21H25FN4O6S2. The second-order valence-corrected chi connectivity index (χ2v) is 10.8. The minimum absolute atomic E-state index is 0.0457. The average Bonchev–Trinajstić information content (AvgIpc) is 3.42. The topological polar surface area (TPSA) is 139 Å². The van der Waals surface area contributed by atoms with Crippen LogP contribution < -0.4 is 10.0 Å². The number of hydrogen-bond donors (Lipinski definition) is 3. The highest BCUT2D eigenvalue weighted by Gasteiger charge is 2.26. The first-order chi connectivity index (χ1) is 16.3. The van der Waals surface area contributed by atoms with Crippen LogP contribution in [0.4, 0.5) is 9.52 Å². The van der Waals surface area contributed by atoms with Crippen LogP contribution in [-0.2, 0) is 24.4 Å². The summed E-state index contributed by atoms with van der Waals surface area (Å²) in [4.78, 5) is 22.2. The van der Waals surface area contributed by atoms with Crippen molar-refractivity contribution in [2.24, 2.45) is 5.16 Å². The van der Waals surface area contributed by atoms with Crippen LogP contribution in [0.2, 0.25) is 0 Å². The van der Waals surface area contributed by atoms with Crippen LogP contribution in [0.5, 0.6) is 0 Å². The number of sulfonamides is 1. The number of ether oxygens (including phenoxy) is 1. The van der Waals surface area contributed by atoms with Gasteiger partial charge >= 0.3 is 0 Å². The van der Waals surface area contributed by atoms with Crippen molar-refractivity contribution in [2.75, 3.05) is 18.5 Å². The van der Waals surface area contributed by atoms with Gasteiger partial charge < -0.3 is 14.7 Å². The normalized spacial score (nSPS) is 22.0. The number of thiazole rings is 1. The van der Waals surface area contributed by atoms with E-state index in [0.29, 0.717) is 62.2 Å². The maximum absolute atomic E-state index is 13.3. The average molecular weight is 513 g/mol. The fraction of sp³-hybridized carbons (Fsp3) is 0.476. The molecular weight excluding hydrogens is 487 g/mol. The van der Waals surface area contributed by atoms with Gasteiger partial charge in [0.1, 0.15) is 6.10 Å². The van der Waals surface area contributed by atoms with E-state index in [4.69, 9.17) is 9.57 Å². The van der Waals surface area contributed by atoms with Gasteiger partial charge in [0, 0.05) is 31.2 Å². The summed E-state index contributed by atoms with van der Waals surface area (Å²) in [7, 11) is -3.75. The van der Waals surface area contributed by atoms with Crippen molar-refractivity contribution < 1.29 is 32.3 Å². The van der Waals surface area contributed by atoms with E-state index in [9.17, 15) is 22.7 Å². The molecule has 1 saturated heterocycles. The lowest BCUT2D eigenvalue weighted by atomic mass is 10.1. The molecule has 2 aliphatic rings. The summed E-state index contributed by atoms with van der Waals surface area (Å²) < 4.78 is 46.7. The Morgan fingerprint density at radius 2 is 1.94 bits per heavy atom. The summed E-state index contributed by atoms with van der Waals surface area (Å²) in [6.45, 7) is 1.00. The number of aromatic nitrogens is 1. The lowest BCUT2D eigenvalue weighted by molar-refractivity contribution is -0.110. The number of carbonyl (C=O) groups excluding carboxylic acids is 1. The first kappa shape index (κ1) is 24.7. The Labute approximate surface area is 200 Å². The molecule has 0 bridgehead atoms. The zero-order chi connectivity index (χ0) is 24.1. The number of aliphatic hydroxyl groups excluding tert-OH is 1. The molecule has 2 heterocycles. The minimum Gasteiger partial charge on any atom is -0.393 e. The highest BCUT2D eigenvalue weighted by atomic mass is 32.2. The summed E-state index contributed by atoms with van der Waals surface area (Å²) in [6, 6.07) is 5.46. The molecule has 1 amide bonds. The van der Waals surface area contributed by atoms with Crippen LogP contribution in [0.3, 0.4) is 0 Å². The van der Waals surface area contributed by atoms with E-state index in [1.807, 2.05) is 0 Å². The molecule has 2 aromatic rings. The minimum atomic E-state index is -3.75. The van der Waals surface area contributed by atoms with Crippen molar-refractivity contribution >= 4 is 38.1 Å². The first-order valence-electron chi connectivity index (χ1n) is 10.9. The Morgan fingerprint density at radius 1 is 1.21 bits per heavy atom. The maximum atomic E-state index is 13.3. The van der Waals surface area contributed by atoms with E-state index in [-0.39, 0.29) is 27.9 Å². The lowest BCUT2D eigenvalue weighted by Gasteiger charge is -2.23. The number of hydrogen-bond acceptors (Lipinski definition) is 9. The molecule has 1 aliphatic carbocycles. The third-order valence-corrected chi connectivity index (χ3v) is 7.78. The quantitative estimate of drug-likeness (QED) is 0.363. The van der Waals surface area contributed by atoms with Crippen LogP contribution in [0, 0.1) is 5.13 Å². The molecule has 0 unspecified atom stereocenters. The van der Waals surface area contributed by atoms with Crippen LogP contribution >= 0.6 is 11.3 Å². The molecule has 1 aromatic carbocycles. The zero-order valence-corrected chi connectivity index (χ0v) is 19.8. The summed E-state index contributed by atoms with van der Waals surface area (Å²) in [6.07, 6.45) is 2.91. The van der Waals surface area contributed by atoms with E-state index >= 15 is 0 Å². The van der Waals surface area contributed by atoms with Crippen molar-refractivity contribution in [1.29, 1.82) is 0 Å². The zero-order valence-electron chi connectivity index (χ0n) is 18.1. The smallest absolute Gasteiger partial charge is 0.280 e. The summed E-state index contributed by atoms with van der Waals surface area (Å²) in [5, 5.41) is 15.6. The molecule has 1 aromatic heterocycles. The highest BCUT2D eigenvalue weighted by Crippen LogP contribution is 2.23. The molecule has 3 N–H and O–H groups in total. The van der Waals surface area contributed by atoms with Crippen molar-refractivity contribution in [3.8, 4) is 0 Å². The second kappa shape index (κ2) is 10.9. The summed E-state index contributed by atoms with van der Waals surface area (Å²) >= 11 is 0.660. The number of amides is 1. The van der Waals surface area contributed by atoms with Crippen molar-refractivity contribution in [3.63, 3.8) is 0 Å². The highest BCUT2D eigenvalue weighted by molar-refractivity contribution is 7.89. The van der Waals surface area contributed by atoms with E-state index in [2.05, 4.69) is 20.2 Å². The lowest BCUT2D eigenvalue weighted by Crippen LogP contribution is -2.38. The number of oxime groups is 1. The fourth-order valence-electron chi connectivity index (χ4n) is 3.73. The fourth-order valence-corrected chi connectivity index (χ4v) is 5.57. The second-order valence-electron chi connectivity index (χ2n) is 8.09. The van der Waals surface area contributed by atoms with Crippen LogP contribution in [-0.4, -0.2) is 61.6 Å². The number of anilines is 1. The number of halogens is 1. The van der Waals surface area contributed by atoms with Crippen LogP contribution in [0.15, 0.2) is 40.5 Å². The number of carbonyl (C=O) groups is 1. The van der Waals surface area contributed by atoms with Gasteiger partial charge in [-0.15, -0.1) is 0 Å². The van der Waals surface area contributed by atoms with E-state index in [0.717, 1.165) is 6.20 Å². The molecule has 0 radical (unpaired) electrons. The molecule has 4 rings (SSSR count). The summed E-state index contributed by atoms with van der Waals surface area (Å²) in [5.41, 5.74) is 0.177. The van der Waals surface area contributed by atoms with Gasteiger partial charge in [0.2, 0.25) is 10.0 Å². The molecule has 0 spiro atoms. The molecule has 1 saturated carbocycles. The van der Waals surface area contributed by atoms with Gasteiger partial charge in [-0.25, -0.2) is 18.1 Å². The molecule has 34 heavy (non-hydrogen) atoms. The molecule has 1 aliphatic heterocycles. The van der Waals surface area contributed by atoms with Gasteiger partial charge in [-0.3, -0.25) is 10.1 Å². The molecule has 10 nitrogen and oxygen atoms in total. The van der Waals surface area contributed by atoms with Crippen molar-refractivity contribution in [2.45, 2.75) is 55.2 Å². The molecule has 184 valence electrons. The SMILES string of the molecule is O=C(Nc1ncc(F)s1)/C(=N/O[C@@H]1CC[C@@H](O)C1)c1ccc(S(=O)(=O)NC2CCOCC2)cc1. The number of nitrogens with zero attached hydrogens (tertiary/aromatic N) is 2.